The first kappa shape index (κ1) is 34.3. The Hall–Kier alpha value is -4.57. The summed E-state index contributed by atoms with van der Waals surface area (Å²) in [5, 5.41) is 0. The van der Waals surface area contributed by atoms with Gasteiger partial charge in [0.05, 0.1) is 0 Å². The second kappa shape index (κ2) is 13.7. The normalized spacial score (nSPS) is 14.3. The number of benzene rings is 4. The van der Waals surface area contributed by atoms with Crippen LogP contribution in [0.25, 0.3) is 22.5 Å². The van der Waals surface area contributed by atoms with Crippen molar-refractivity contribution in [3.8, 4) is 22.5 Å². The van der Waals surface area contributed by atoms with Crippen molar-refractivity contribution in [3.05, 3.63) is 167 Å². The molecule has 0 saturated heterocycles. The van der Waals surface area contributed by atoms with Crippen LogP contribution in [0.1, 0.15) is 47.2 Å². The van der Waals surface area contributed by atoms with Crippen molar-refractivity contribution in [2.24, 2.45) is 0 Å². The Kier molecular flexibility index (Phi) is 9.62. The van der Waals surface area contributed by atoms with Crippen LogP contribution in [0, 0.1) is 12.1 Å². The van der Waals surface area contributed by atoms with Crippen LogP contribution in [0.3, 0.4) is 0 Å². The van der Waals surface area contributed by atoms with Crippen molar-refractivity contribution in [3.63, 3.8) is 0 Å². The first-order valence-corrected chi connectivity index (χ1v) is 16.6. The molecule has 0 saturated carbocycles. The van der Waals surface area contributed by atoms with E-state index in [9.17, 15) is 0 Å². The molecule has 6 aromatic rings. The fourth-order valence-electron chi connectivity index (χ4n) is 7.53. The summed E-state index contributed by atoms with van der Waals surface area (Å²) in [6.45, 7) is 4.77. The first-order chi connectivity index (χ1) is 23.2. The molecule has 0 unspecified atom stereocenters. The smallest absolute Gasteiger partial charge is 0.0364 e. The molecule has 4 aromatic carbocycles. The van der Waals surface area contributed by atoms with Crippen molar-refractivity contribution in [2.45, 2.75) is 37.5 Å². The van der Waals surface area contributed by atoms with Gasteiger partial charge in [0.25, 0.3) is 0 Å². The SMILES string of the molecule is CN(C)c1ccc2c(c1)C1(Cc3c[c-]c(-c4ccccn4)cc3C1)c1cc(N(C)C)ccc1C2(C)C.[Ir].[c-]1ccccc1-c1ccccn1. The second-order valence-electron chi connectivity index (χ2n) is 13.9. The summed E-state index contributed by atoms with van der Waals surface area (Å²) in [5.41, 5.74) is 15.1. The topological polar surface area (TPSA) is 32.3 Å². The van der Waals surface area contributed by atoms with Gasteiger partial charge in [0.15, 0.2) is 0 Å². The van der Waals surface area contributed by atoms with E-state index in [1.165, 1.54) is 44.8 Å². The third kappa shape index (κ3) is 6.34. The molecule has 0 aliphatic heterocycles. The molecule has 2 aliphatic carbocycles. The summed E-state index contributed by atoms with van der Waals surface area (Å²) in [7, 11) is 8.55. The van der Waals surface area contributed by atoms with Gasteiger partial charge in [-0.3, -0.25) is 0 Å². The summed E-state index contributed by atoms with van der Waals surface area (Å²) in [6, 6.07) is 45.2. The molecule has 2 aliphatic rings. The maximum atomic E-state index is 4.59. The number of rotatable bonds is 4. The van der Waals surface area contributed by atoms with Gasteiger partial charge in [0.2, 0.25) is 0 Å². The maximum absolute atomic E-state index is 4.59. The Morgan fingerprint density at radius 3 is 1.63 bits per heavy atom. The molecular formula is C44H42IrN4-2. The second-order valence-corrected chi connectivity index (χ2v) is 13.9. The van der Waals surface area contributed by atoms with Gasteiger partial charge in [0.1, 0.15) is 0 Å². The summed E-state index contributed by atoms with van der Waals surface area (Å²) in [6.07, 6.45) is 5.63. The fourth-order valence-corrected chi connectivity index (χ4v) is 7.53. The van der Waals surface area contributed by atoms with Gasteiger partial charge in [-0.1, -0.05) is 50.2 Å². The number of hydrogen-bond donors (Lipinski definition) is 0. The van der Waals surface area contributed by atoms with Gasteiger partial charge in [-0.15, -0.1) is 70.8 Å². The molecule has 8 rings (SSSR count). The zero-order valence-corrected chi connectivity index (χ0v) is 31.5. The molecule has 0 bridgehead atoms. The first-order valence-electron chi connectivity index (χ1n) is 16.6. The molecule has 1 radical (unpaired) electrons. The molecule has 4 nitrogen and oxygen atoms in total. The number of fused-ring (bicyclic) bond motifs is 5. The molecule has 2 heterocycles. The predicted octanol–water partition coefficient (Wildman–Crippen LogP) is 8.95. The zero-order valence-electron chi connectivity index (χ0n) is 29.1. The van der Waals surface area contributed by atoms with Crippen LogP contribution in [-0.2, 0) is 43.8 Å². The van der Waals surface area contributed by atoms with Crippen molar-refractivity contribution >= 4 is 11.4 Å². The Bertz CT molecular complexity index is 1960. The summed E-state index contributed by atoms with van der Waals surface area (Å²) < 4.78 is 0. The van der Waals surface area contributed by atoms with Crippen molar-refractivity contribution in [2.75, 3.05) is 38.0 Å². The van der Waals surface area contributed by atoms with E-state index in [2.05, 4.69) is 129 Å². The van der Waals surface area contributed by atoms with Crippen LogP contribution in [0.15, 0.2) is 122 Å². The van der Waals surface area contributed by atoms with Crippen LogP contribution in [0.4, 0.5) is 11.4 Å². The maximum Gasteiger partial charge on any atom is 0.0364 e. The molecule has 5 heteroatoms. The molecule has 0 fully saturated rings. The number of aromatic nitrogens is 2. The quantitative estimate of drug-likeness (QED) is 0.167. The number of hydrogen-bond acceptors (Lipinski definition) is 4. The fraction of sp³-hybridized carbons (Fsp3) is 0.227. The average molecular weight is 819 g/mol. The van der Waals surface area contributed by atoms with Crippen molar-refractivity contribution < 1.29 is 20.1 Å². The Balaban J connectivity index is 0.000000270. The standard InChI is InChI=1S/C33H34N3.C11H8N.Ir/c1-32(2)27-14-12-25(35(3)4)18-29(27)33(30-19-26(36(5)6)13-15-28(30)32)20-23-11-10-22(17-24(23)21-33)31-9-7-8-16-34-31;1-2-6-10(7-3-1)11-8-4-5-9-12-11;/h7-9,11-19H,20-21H2,1-6H3;1-6,8-9H;/q2*-1;. The number of pyridine rings is 2. The van der Waals surface area contributed by atoms with Gasteiger partial charge in [0, 0.05) is 82.9 Å². The molecule has 0 N–H and O–H groups in total. The van der Waals surface area contributed by atoms with Gasteiger partial charge >= 0.3 is 0 Å². The third-order valence-corrected chi connectivity index (χ3v) is 10.1. The van der Waals surface area contributed by atoms with E-state index in [-0.39, 0.29) is 30.9 Å². The monoisotopic (exact) mass is 819 g/mol. The third-order valence-electron chi connectivity index (χ3n) is 10.1. The Morgan fingerprint density at radius 2 is 1.12 bits per heavy atom. The van der Waals surface area contributed by atoms with Gasteiger partial charge in [-0.05, 0) is 82.9 Å². The summed E-state index contributed by atoms with van der Waals surface area (Å²) in [4.78, 5) is 13.3. The van der Waals surface area contributed by atoms with Crippen LogP contribution in [0.2, 0.25) is 0 Å². The summed E-state index contributed by atoms with van der Waals surface area (Å²) >= 11 is 0. The van der Waals surface area contributed by atoms with E-state index in [1.807, 2.05) is 60.8 Å². The van der Waals surface area contributed by atoms with Crippen molar-refractivity contribution in [1.29, 1.82) is 0 Å². The van der Waals surface area contributed by atoms with Crippen molar-refractivity contribution in [1.82, 2.24) is 9.97 Å². The minimum atomic E-state index is -0.100. The largest absolute Gasteiger partial charge is 0.378 e. The molecular weight excluding hydrogens is 777 g/mol. The number of anilines is 2. The average Bonchev–Trinajstić information content (AvgIpc) is 3.52. The van der Waals surface area contributed by atoms with E-state index in [1.54, 1.807) is 6.20 Å². The molecule has 0 amide bonds. The van der Waals surface area contributed by atoms with E-state index in [4.69, 9.17) is 0 Å². The van der Waals surface area contributed by atoms with Crippen LogP contribution in [0.5, 0.6) is 0 Å². The van der Waals surface area contributed by atoms with E-state index in [0.717, 1.165) is 35.4 Å². The zero-order chi connectivity index (χ0) is 33.5. The Morgan fingerprint density at radius 1 is 0.571 bits per heavy atom. The molecule has 2 aromatic heterocycles. The van der Waals surface area contributed by atoms with E-state index in [0.29, 0.717) is 0 Å². The molecule has 0 atom stereocenters. The minimum absolute atomic E-state index is 0. The van der Waals surface area contributed by atoms with Crippen LogP contribution < -0.4 is 9.80 Å². The molecule has 1 spiro atoms. The minimum Gasteiger partial charge on any atom is -0.378 e. The van der Waals surface area contributed by atoms with E-state index >= 15 is 0 Å². The predicted molar refractivity (Wildman–Crippen MR) is 199 cm³/mol. The number of nitrogens with zero attached hydrogens (tertiary/aromatic N) is 4. The van der Waals surface area contributed by atoms with Gasteiger partial charge in [-0.2, -0.15) is 0 Å². The van der Waals surface area contributed by atoms with Gasteiger partial charge < -0.3 is 19.8 Å². The summed E-state index contributed by atoms with van der Waals surface area (Å²) in [5.74, 6) is 0. The van der Waals surface area contributed by atoms with Crippen LogP contribution in [-0.4, -0.2) is 38.2 Å². The molecule has 249 valence electrons. The molecule has 49 heavy (non-hydrogen) atoms. The van der Waals surface area contributed by atoms with Gasteiger partial charge in [-0.25, -0.2) is 0 Å². The van der Waals surface area contributed by atoms with Crippen LogP contribution >= 0.6 is 0 Å². The Labute approximate surface area is 305 Å². The van der Waals surface area contributed by atoms with E-state index < -0.39 is 0 Å².